The Morgan fingerprint density at radius 3 is 2.56 bits per heavy atom. The molecule has 0 saturated carbocycles. The van der Waals surface area contributed by atoms with Crippen LogP contribution >= 0.6 is 0 Å². The maximum atomic E-state index is 12.9. The zero-order chi connectivity index (χ0) is 19.4. The zero-order valence-corrected chi connectivity index (χ0v) is 15.5. The Hall–Kier alpha value is -3.02. The lowest BCUT2D eigenvalue weighted by Crippen LogP contribution is -2.39. The lowest BCUT2D eigenvalue weighted by atomic mass is 9.97. The van der Waals surface area contributed by atoms with Gasteiger partial charge in [-0.1, -0.05) is 42.5 Å². The van der Waals surface area contributed by atoms with Gasteiger partial charge in [-0.3, -0.25) is 9.69 Å². The second-order valence-electron chi connectivity index (χ2n) is 6.74. The molecule has 1 aliphatic rings. The molecule has 2 aromatic carbocycles. The normalized spacial score (nSPS) is 21.7. The average Bonchev–Trinajstić information content (AvgIpc) is 3.03. The summed E-state index contributed by atoms with van der Waals surface area (Å²) in [6, 6.07) is 16.3. The van der Waals surface area contributed by atoms with Gasteiger partial charge < -0.3 is 15.2 Å². The maximum Gasteiger partial charge on any atom is 0.410 e. The van der Waals surface area contributed by atoms with Gasteiger partial charge in [0.25, 0.3) is 0 Å². The summed E-state index contributed by atoms with van der Waals surface area (Å²) in [7, 11) is 1.37. The molecule has 0 aliphatic carbocycles. The molecule has 0 bridgehead atoms. The fraction of sp³-hybridized carbons (Fsp3) is 0.333. The Bertz CT molecular complexity index is 809. The van der Waals surface area contributed by atoms with Crippen molar-refractivity contribution in [2.75, 3.05) is 12.8 Å². The number of likely N-dealkylation sites (tertiary alicyclic amines) is 1. The molecule has 27 heavy (non-hydrogen) atoms. The van der Waals surface area contributed by atoms with Crippen LogP contribution in [0.2, 0.25) is 0 Å². The van der Waals surface area contributed by atoms with Crippen LogP contribution in [-0.4, -0.2) is 30.1 Å². The van der Waals surface area contributed by atoms with Crippen LogP contribution in [0.3, 0.4) is 0 Å². The van der Waals surface area contributed by atoms with E-state index in [1.165, 1.54) is 7.11 Å². The van der Waals surface area contributed by atoms with Crippen LogP contribution in [0.1, 0.15) is 30.5 Å². The number of benzene rings is 2. The summed E-state index contributed by atoms with van der Waals surface area (Å²) in [6.45, 7) is 1.98. The first-order valence-corrected chi connectivity index (χ1v) is 8.93. The van der Waals surface area contributed by atoms with Crippen LogP contribution < -0.4 is 5.73 Å². The van der Waals surface area contributed by atoms with E-state index in [-0.39, 0.29) is 30.6 Å². The molecule has 1 saturated heterocycles. The highest BCUT2D eigenvalue weighted by molar-refractivity contribution is 5.77. The minimum absolute atomic E-state index is 0.123. The smallest absolute Gasteiger partial charge is 0.410 e. The van der Waals surface area contributed by atoms with Crippen molar-refractivity contribution in [1.29, 1.82) is 0 Å². The summed E-state index contributed by atoms with van der Waals surface area (Å²) in [5.74, 6) is -0.699. The largest absolute Gasteiger partial charge is 0.469 e. The van der Waals surface area contributed by atoms with Crippen LogP contribution in [0.5, 0.6) is 0 Å². The molecule has 0 aromatic heterocycles. The van der Waals surface area contributed by atoms with Crippen molar-refractivity contribution in [1.82, 2.24) is 4.90 Å². The fourth-order valence-corrected chi connectivity index (χ4v) is 3.64. The maximum absolute atomic E-state index is 12.9. The molecule has 1 aliphatic heterocycles. The highest BCUT2D eigenvalue weighted by atomic mass is 16.6. The molecule has 142 valence electrons. The Balaban J connectivity index is 1.80. The van der Waals surface area contributed by atoms with Crippen molar-refractivity contribution >= 4 is 17.7 Å². The Labute approximate surface area is 158 Å². The second kappa shape index (κ2) is 8.12. The van der Waals surface area contributed by atoms with Gasteiger partial charge in [0, 0.05) is 11.7 Å². The van der Waals surface area contributed by atoms with Crippen LogP contribution in [0.15, 0.2) is 54.6 Å². The standard InChI is InChI=1S/C21H24N2O4/c1-14-18(20(24)26-2)12-19(16-8-4-3-5-9-16)23(14)21(25)27-13-15-7-6-10-17(22)11-15/h3-11,14,18-19H,12-13,22H2,1-2H3. The number of carbonyl (C=O) groups is 2. The Kier molecular flexibility index (Phi) is 5.64. The van der Waals surface area contributed by atoms with Crippen LogP contribution in [0.4, 0.5) is 10.5 Å². The number of hydrogen-bond acceptors (Lipinski definition) is 5. The number of ether oxygens (including phenoxy) is 2. The number of anilines is 1. The quantitative estimate of drug-likeness (QED) is 0.659. The number of esters is 1. The monoisotopic (exact) mass is 368 g/mol. The van der Waals surface area contributed by atoms with E-state index in [1.807, 2.05) is 49.4 Å². The summed E-state index contributed by atoms with van der Waals surface area (Å²) in [5.41, 5.74) is 8.17. The van der Waals surface area contributed by atoms with E-state index in [0.717, 1.165) is 11.1 Å². The molecule has 3 rings (SSSR count). The lowest BCUT2D eigenvalue weighted by molar-refractivity contribution is -0.145. The summed E-state index contributed by atoms with van der Waals surface area (Å²) in [4.78, 5) is 26.7. The first-order chi connectivity index (χ1) is 13.0. The highest BCUT2D eigenvalue weighted by Crippen LogP contribution is 2.40. The van der Waals surface area contributed by atoms with Gasteiger partial charge in [-0.05, 0) is 36.6 Å². The van der Waals surface area contributed by atoms with Gasteiger partial charge in [0.1, 0.15) is 6.61 Å². The van der Waals surface area contributed by atoms with E-state index >= 15 is 0 Å². The number of hydrogen-bond donors (Lipinski definition) is 1. The summed E-state index contributed by atoms with van der Waals surface area (Å²) in [5, 5.41) is 0. The van der Waals surface area contributed by atoms with E-state index in [9.17, 15) is 9.59 Å². The lowest BCUT2D eigenvalue weighted by Gasteiger charge is -2.28. The molecular formula is C21H24N2O4. The zero-order valence-electron chi connectivity index (χ0n) is 15.5. The van der Waals surface area contributed by atoms with Crippen LogP contribution in [0, 0.1) is 5.92 Å². The van der Waals surface area contributed by atoms with Crippen molar-refractivity contribution in [2.45, 2.75) is 32.0 Å². The highest BCUT2D eigenvalue weighted by Gasteiger charge is 2.46. The van der Waals surface area contributed by atoms with Gasteiger partial charge in [0.2, 0.25) is 0 Å². The number of nitrogens with zero attached hydrogens (tertiary/aromatic N) is 1. The predicted molar refractivity (Wildman–Crippen MR) is 102 cm³/mol. The molecule has 2 aromatic rings. The van der Waals surface area contributed by atoms with Crippen molar-refractivity contribution in [2.24, 2.45) is 5.92 Å². The van der Waals surface area contributed by atoms with Gasteiger partial charge >= 0.3 is 12.1 Å². The molecule has 6 nitrogen and oxygen atoms in total. The van der Waals surface area contributed by atoms with E-state index in [4.69, 9.17) is 15.2 Å². The molecule has 0 spiro atoms. The molecule has 1 amide bonds. The third-order valence-corrected chi connectivity index (χ3v) is 5.05. The number of nitrogens with two attached hydrogens (primary N) is 1. The van der Waals surface area contributed by atoms with Gasteiger partial charge in [-0.2, -0.15) is 0 Å². The molecule has 1 fully saturated rings. The van der Waals surface area contributed by atoms with Gasteiger partial charge in [-0.15, -0.1) is 0 Å². The van der Waals surface area contributed by atoms with Crippen molar-refractivity contribution in [3.63, 3.8) is 0 Å². The molecule has 0 radical (unpaired) electrons. The third kappa shape index (κ3) is 4.05. The van der Waals surface area contributed by atoms with Gasteiger partial charge in [0.05, 0.1) is 19.1 Å². The molecule has 1 heterocycles. The average molecular weight is 368 g/mol. The van der Waals surface area contributed by atoms with E-state index < -0.39 is 6.09 Å². The number of rotatable bonds is 4. The van der Waals surface area contributed by atoms with Crippen LogP contribution in [0.25, 0.3) is 0 Å². The molecular weight excluding hydrogens is 344 g/mol. The van der Waals surface area contributed by atoms with Crippen LogP contribution in [-0.2, 0) is 20.9 Å². The number of methoxy groups -OCH3 is 1. The van der Waals surface area contributed by atoms with E-state index in [0.29, 0.717) is 12.1 Å². The first-order valence-electron chi connectivity index (χ1n) is 8.93. The minimum atomic E-state index is -0.454. The topological polar surface area (TPSA) is 81.9 Å². The molecule has 2 N–H and O–H groups in total. The Morgan fingerprint density at radius 1 is 1.15 bits per heavy atom. The van der Waals surface area contributed by atoms with E-state index in [2.05, 4.69) is 0 Å². The van der Waals surface area contributed by atoms with Gasteiger partial charge in [-0.25, -0.2) is 4.79 Å². The molecule has 6 heteroatoms. The number of amides is 1. The van der Waals surface area contributed by atoms with Gasteiger partial charge in [0.15, 0.2) is 0 Å². The minimum Gasteiger partial charge on any atom is -0.469 e. The fourth-order valence-electron chi connectivity index (χ4n) is 3.64. The van der Waals surface area contributed by atoms with Crippen molar-refractivity contribution < 1.29 is 19.1 Å². The summed E-state index contributed by atoms with van der Waals surface area (Å²) in [6.07, 6.45) is 0.0517. The number of carbonyl (C=O) groups excluding carboxylic acids is 2. The summed E-state index contributed by atoms with van der Waals surface area (Å²) >= 11 is 0. The SMILES string of the molecule is COC(=O)C1CC(c2ccccc2)N(C(=O)OCc2cccc(N)c2)C1C. The predicted octanol–water partition coefficient (Wildman–Crippen LogP) is 3.53. The van der Waals surface area contributed by atoms with Crippen molar-refractivity contribution in [3.05, 3.63) is 65.7 Å². The van der Waals surface area contributed by atoms with Crippen molar-refractivity contribution in [3.8, 4) is 0 Å². The second-order valence-corrected chi connectivity index (χ2v) is 6.74. The summed E-state index contributed by atoms with van der Waals surface area (Å²) < 4.78 is 10.5. The third-order valence-electron chi connectivity index (χ3n) is 5.05. The molecule has 3 atom stereocenters. The Morgan fingerprint density at radius 2 is 1.89 bits per heavy atom. The van der Waals surface area contributed by atoms with E-state index in [1.54, 1.807) is 17.0 Å². The first kappa shape index (κ1) is 18.8. The molecule has 3 unspecified atom stereocenters. The number of nitrogen functional groups attached to an aromatic ring is 1.